The molecule has 1 aromatic heterocycles. The van der Waals surface area contributed by atoms with Crippen molar-refractivity contribution in [1.29, 1.82) is 0 Å². The smallest absolute Gasteiger partial charge is 0.225 e. The van der Waals surface area contributed by atoms with Crippen molar-refractivity contribution in [3.63, 3.8) is 0 Å². The number of nitrogens with two attached hydrogens (primary N) is 1. The molecular weight excluding hydrogens is 250 g/mol. The quantitative estimate of drug-likeness (QED) is 0.827. The zero-order valence-electron chi connectivity index (χ0n) is 10.6. The van der Waals surface area contributed by atoms with Crippen molar-refractivity contribution in [2.24, 2.45) is 5.73 Å². The second-order valence-electron chi connectivity index (χ2n) is 4.44. The van der Waals surface area contributed by atoms with Gasteiger partial charge < -0.3 is 15.8 Å². The Labute approximate surface area is 111 Å². The van der Waals surface area contributed by atoms with Gasteiger partial charge in [-0.15, -0.1) is 11.3 Å². The van der Waals surface area contributed by atoms with E-state index in [-0.39, 0.29) is 12.0 Å². The number of ether oxygens (including phenoxy) is 1. The number of carbonyl (C=O) groups excluding carboxylic acids is 1. The predicted molar refractivity (Wildman–Crippen MR) is 70.4 cm³/mol. The molecule has 0 saturated carbocycles. The molecular formula is C12H19N3O2S. The molecule has 1 fully saturated rings. The fourth-order valence-electron chi connectivity index (χ4n) is 1.98. The Morgan fingerprint density at radius 3 is 3.11 bits per heavy atom. The Morgan fingerprint density at radius 1 is 1.67 bits per heavy atom. The van der Waals surface area contributed by atoms with Gasteiger partial charge in [-0.1, -0.05) is 0 Å². The third-order valence-corrected chi connectivity index (χ3v) is 4.16. The molecule has 100 valence electrons. The van der Waals surface area contributed by atoms with Crippen molar-refractivity contribution < 1.29 is 9.53 Å². The summed E-state index contributed by atoms with van der Waals surface area (Å²) in [5, 5.41) is 3.80. The third kappa shape index (κ3) is 3.51. The van der Waals surface area contributed by atoms with Crippen molar-refractivity contribution in [3.8, 4) is 0 Å². The van der Waals surface area contributed by atoms with Crippen LogP contribution >= 0.6 is 11.3 Å². The molecule has 0 bridgehead atoms. The van der Waals surface area contributed by atoms with E-state index in [1.54, 1.807) is 0 Å². The Morgan fingerprint density at radius 2 is 2.50 bits per heavy atom. The summed E-state index contributed by atoms with van der Waals surface area (Å²) >= 11 is 1.52. The standard InChI is InChI=1S/C12H19N3O2S/c1-8-10(18-12(6-13)15-8)5-11(16)14-7-9-3-2-4-17-9/h9H,2-7,13H2,1H3,(H,14,16). The summed E-state index contributed by atoms with van der Waals surface area (Å²) in [4.78, 5) is 17.1. The highest BCUT2D eigenvalue weighted by atomic mass is 32.1. The van der Waals surface area contributed by atoms with Gasteiger partial charge >= 0.3 is 0 Å². The lowest BCUT2D eigenvalue weighted by molar-refractivity contribution is -0.120. The van der Waals surface area contributed by atoms with Gasteiger partial charge in [-0.2, -0.15) is 0 Å². The van der Waals surface area contributed by atoms with E-state index in [4.69, 9.17) is 10.5 Å². The largest absolute Gasteiger partial charge is 0.376 e. The minimum atomic E-state index is 0.0285. The van der Waals surface area contributed by atoms with E-state index in [1.807, 2.05) is 6.92 Å². The van der Waals surface area contributed by atoms with Gasteiger partial charge in [0.2, 0.25) is 5.91 Å². The fraction of sp³-hybridized carbons (Fsp3) is 0.667. The van der Waals surface area contributed by atoms with Crippen molar-refractivity contribution in [1.82, 2.24) is 10.3 Å². The van der Waals surface area contributed by atoms with E-state index in [2.05, 4.69) is 10.3 Å². The lowest BCUT2D eigenvalue weighted by Gasteiger charge is -2.10. The summed E-state index contributed by atoms with van der Waals surface area (Å²) < 4.78 is 5.46. The first-order valence-electron chi connectivity index (χ1n) is 6.22. The topological polar surface area (TPSA) is 77.2 Å². The summed E-state index contributed by atoms with van der Waals surface area (Å²) in [5.41, 5.74) is 6.44. The molecule has 2 rings (SSSR count). The zero-order chi connectivity index (χ0) is 13.0. The van der Waals surface area contributed by atoms with Crippen LogP contribution in [0.1, 0.15) is 28.4 Å². The van der Waals surface area contributed by atoms with Crippen LogP contribution in [0.5, 0.6) is 0 Å². The first kappa shape index (κ1) is 13.5. The number of thiazole rings is 1. The molecule has 0 aromatic carbocycles. The van der Waals surface area contributed by atoms with E-state index in [0.717, 1.165) is 35.0 Å². The molecule has 6 heteroatoms. The first-order chi connectivity index (χ1) is 8.69. The summed E-state index contributed by atoms with van der Waals surface area (Å²) in [5.74, 6) is 0.0285. The Balaban J connectivity index is 1.80. The minimum absolute atomic E-state index is 0.0285. The highest BCUT2D eigenvalue weighted by Gasteiger charge is 2.17. The Hall–Kier alpha value is -0.980. The summed E-state index contributed by atoms with van der Waals surface area (Å²) in [6, 6.07) is 0. The molecule has 18 heavy (non-hydrogen) atoms. The number of nitrogens with zero attached hydrogens (tertiary/aromatic N) is 1. The highest BCUT2D eigenvalue weighted by Crippen LogP contribution is 2.18. The number of amides is 1. The monoisotopic (exact) mass is 269 g/mol. The molecule has 1 aliphatic rings. The number of hydrogen-bond donors (Lipinski definition) is 2. The van der Waals surface area contributed by atoms with Gasteiger partial charge in [0.15, 0.2) is 0 Å². The van der Waals surface area contributed by atoms with E-state index in [0.29, 0.717) is 19.5 Å². The normalized spacial score (nSPS) is 19.1. The molecule has 1 atom stereocenters. The molecule has 1 amide bonds. The van der Waals surface area contributed by atoms with E-state index in [9.17, 15) is 4.79 Å². The molecule has 2 heterocycles. The van der Waals surface area contributed by atoms with Gasteiger partial charge in [-0.05, 0) is 19.8 Å². The summed E-state index contributed by atoms with van der Waals surface area (Å²) in [6.07, 6.45) is 2.71. The van der Waals surface area contributed by atoms with E-state index >= 15 is 0 Å². The van der Waals surface area contributed by atoms with Gasteiger partial charge in [0.1, 0.15) is 5.01 Å². The lowest BCUT2D eigenvalue weighted by atomic mass is 10.2. The number of nitrogens with one attached hydrogen (secondary N) is 1. The molecule has 0 aliphatic carbocycles. The molecule has 3 N–H and O–H groups in total. The Bertz CT molecular complexity index is 413. The maximum absolute atomic E-state index is 11.8. The van der Waals surface area contributed by atoms with Crippen LogP contribution in [0.3, 0.4) is 0 Å². The zero-order valence-corrected chi connectivity index (χ0v) is 11.4. The number of carbonyl (C=O) groups is 1. The van der Waals surface area contributed by atoms with Crippen molar-refractivity contribution in [3.05, 3.63) is 15.6 Å². The molecule has 1 saturated heterocycles. The highest BCUT2D eigenvalue weighted by molar-refractivity contribution is 7.11. The van der Waals surface area contributed by atoms with Crippen molar-refractivity contribution in [2.75, 3.05) is 13.2 Å². The van der Waals surface area contributed by atoms with Gasteiger partial charge in [0.05, 0.1) is 18.2 Å². The molecule has 5 nitrogen and oxygen atoms in total. The molecule has 0 radical (unpaired) electrons. The summed E-state index contributed by atoms with van der Waals surface area (Å²) in [6.45, 7) is 3.77. The van der Waals surface area contributed by atoms with E-state index < -0.39 is 0 Å². The van der Waals surface area contributed by atoms with Crippen LogP contribution in [0, 0.1) is 6.92 Å². The van der Waals surface area contributed by atoms with Crippen LogP contribution in [-0.2, 0) is 22.5 Å². The maximum atomic E-state index is 11.8. The average Bonchev–Trinajstić information content (AvgIpc) is 2.97. The fourth-order valence-corrected chi connectivity index (χ4v) is 2.93. The van der Waals surface area contributed by atoms with Crippen LogP contribution < -0.4 is 11.1 Å². The van der Waals surface area contributed by atoms with Crippen LogP contribution in [0.2, 0.25) is 0 Å². The van der Waals surface area contributed by atoms with E-state index in [1.165, 1.54) is 11.3 Å². The number of rotatable bonds is 5. The third-order valence-electron chi connectivity index (χ3n) is 2.98. The predicted octanol–water partition coefficient (Wildman–Crippen LogP) is 0.748. The Kier molecular flexibility index (Phi) is 4.68. The minimum Gasteiger partial charge on any atom is -0.376 e. The first-order valence-corrected chi connectivity index (χ1v) is 7.04. The number of aryl methyl sites for hydroxylation is 1. The molecule has 1 unspecified atom stereocenters. The molecule has 0 spiro atoms. The van der Waals surface area contributed by atoms with Crippen LogP contribution in [0.15, 0.2) is 0 Å². The second kappa shape index (κ2) is 6.26. The number of hydrogen-bond acceptors (Lipinski definition) is 5. The van der Waals surface area contributed by atoms with Crippen LogP contribution in [0.4, 0.5) is 0 Å². The van der Waals surface area contributed by atoms with Gasteiger partial charge in [0, 0.05) is 24.6 Å². The molecule has 1 aliphatic heterocycles. The van der Waals surface area contributed by atoms with Gasteiger partial charge in [0.25, 0.3) is 0 Å². The molecule has 1 aromatic rings. The average molecular weight is 269 g/mol. The van der Waals surface area contributed by atoms with Gasteiger partial charge in [-0.3, -0.25) is 4.79 Å². The van der Waals surface area contributed by atoms with Crippen LogP contribution in [0.25, 0.3) is 0 Å². The number of aromatic nitrogens is 1. The van der Waals surface area contributed by atoms with Crippen molar-refractivity contribution in [2.45, 2.75) is 38.8 Å². The van der Waals surface area contributed by atoms with Crippen molar-refractivity contribution >= 4 is 17.2 Å². The van der Waals surface area contributed by atoms with Gasteiger partial charge in [-0.25, -0.2) is 4.98 Å². The SMILES string of the molecule is Cc1nc(CN)sc1CC(=O)NCC1CCCO1. The second-order valence-corrected chi connectivity index (χ2v) is 5.60. The lowest BCUT2D eigenvalue weighted by Crippen LogP contribution is -2.32. The van der Waals surface area contributed by atoms with Crippen LogP contribution in [-0.4, -0.2) is 30.1 Å². The summed E-state index contributed by atoms with van der Waals surface area (Å²) in [7, 11) is 0. The maximum Gasteiger partial charge on any atom is 0.225 e.